The van der Waals surface area contributed by atoms with Crippen LogP contribution in [0.15, 0.2) is 23.4 Å². The molecule has 0 amide bonds. The minimum Gasteiger partial charge on any atom is -0.299 e. The molecule has 1 aromatic heterocycles. The third-order valence-corrected chi connectivity index (χ3v) is 5.25. The van der Waals surface area contributed by atoms with Crippen LogP contribution in [0.5, 0.6) is 0 Å². The van der Waals surface area contributed by atoms with Crippen molar-refractivity contribution in [1.29, 1.82) is 0 Å². The highest BCUT2D eigenvalue weighted by Crippen LogP contribution is 2.19. The van der Waals surface area contributed by atoms with Crippen molar-refractivity contribution < 1.29 is 8.42 Å². The van der Waals surface area contributed by atoms with Gasteiger partial charge in [-0.05, 0) is 38.9 Å². The molecule has 106 valence electrons. The fourth-order valence-electron chi connectivity index (χ4n) is 2.18. The Morgan fingerprint density at radius 2 is 2.16 bits per heavy atom. The maximum absolute atomic E-state index is 12.1. The van der Waals surface area contributed by atoms with Crippen LogP contribution in [0.2, 0.25) is 5.02 Å². The molecule has 2 heterocycles. The van der Waals surface area contributed by atoms with Gasteiger partial charge in [0, 0.05) is 25.0 Å². The summed E-state index contributed by atoms with van der Waals surface area (Å²) in [6.45, 7) is 4.49. The highest BCUT2D eigenvalue weighted by atomic mass is 35.5. The van der Waals surface area contributed by atoms with E-state index in [2.05, 4.69) is 14.6 Å². The first-order valence-corrected chi connectivity index (χ1v) is 8.20. The molecule has 1 N–H and O–H groups in total. The number of sulfonamides is 1. The average molecular weight is 304 g/mol. The van der Waals surface area contributed by atoms with Crippen LogP contribution in [-0.4, -0.2) is 44.0 Å². The van der Waals surface area contributed by atoms with Gasteiger partial charge in [0.15, 0.2) is 0 Å². The predicted octanol–water partition coefficient (Wildman–Crippen LogP) is 1.50. The van der Waals surface area contributed by atoms with E-state index in [1.165, 1.54) is 31.3 Å². The molecule has 0 saturated carbocycles. The van der Waals surface area contributed by atoms with Gasteiger partial charge in [-0.1, -0.05) is 11.6 Å². The molecule has 1 fully saturated rings. The van der Waals surface area contributed by atoms with Crippen molar-refractivity contribution in [3.63, 3.8) is 0 Å². The quantitative estimate of drug-likeness (QED) is 0.895. The zero-order chi connectivity index (χ0) is 13.9. The first kappa shape index (κ1) is 14.7. The fraction of sp³-hybridized carbons (Fsp3) is 0.583. The second kappa shape index (κ2) is 6.17. The van der Waals surface area contributed by atoms with E-state index in [1.54, 1.807) is 0 Å². The third kappa shape index (κ3) is 3.66. The molecule has 5 nitrogen and oxygen atoms in total. The molecular formula is C12H18ClN3O2S. The van der Waals surface area contributed by atoms with Gasteiger partial charge in [0.25, 0.3) is 0 Å². The number of likely N-dealkylation sites (tertiary alicyclic amines) is 1. The number of nitrogens with one attached hydrogen (secondary N) is 1. The van der Waals surface area contributed by atoms with Gasteiger partial charge in [-0.15, -0.1) is 0 Å². The average Bonchev–Trinajstić information content (AvgIpc) is 2.90. The van der Waals surface area contributed by atoms with Crippen molar-refractivity contribution >= 4 is 21.6 Å². The van der Waals surface area contributed by atoms with Crippen molar-refractivity contribution in [3.8, 4) is 0 Å². The predicted molar refractivity (Wildman–Crippen MR) is 74.7 cm³/mol. The van der Waals surface area contributed by atoms with Gasteiger partial charge < -0.3 is 0 Å². The summed E-state index contributed by atoms with van der Waals surface area (Å²) in [5.74, 6) is 0. The van der Waals surface area contributed by atoms with Crippen molar-refractivity contribution in [2.24, 2.45) is 0 Å². The minimum absolute atomic E-state index is 0.0327. The van der Waals surface area contributed by atoms with Gasteiger partial charge in [-0.2, -0.15) is 0 Å². The van der Waals surface area contributed by atoms with Crippen LogP contribution in [0.25, 0.3) is 0 Å². The second-order valence-electron chi connectivity index (χ2n) is 4.75. The SMILES string of the molecule is CC(CNS(=O)(=O)c1cnccc1Cl)N1CCCC1. The molecule has 1 saturated heterocycles. The van der Waals surface area contributed by atoms with Gasteiger partial charge in [0.2, 0.25) is 10.0 Å². The molecule has 1 aromatic rings. The van der Waals surface area contributed by atoms with E-state index in [4.69, 9.17) is 11.6 Å². The zero-order valence-corrected chi connectivity index (χ0v) is 12.4. The Kier molecular flexibility index (Phi) is 4.78. The van der Waals surface area contributed by atoms with E-state index in [-0.39, 0.29) is 16.0 Å². The number of hydrogen-bond acceptors (Lipinski definition) is 4. The fourth-order valence-corrected chi connectivity index (χ4v) is 3.73. The molecule has 7 heteroatoms. The molecule has 0 aliphatic carbocycles. The van der Waals surface area contributed by atoms with E-state index in [0.717, 1.165) is 13.1 Å². The number of pyridine rings is 1. The standard InChI is InChI=1S/C12H18ClN3O2S/c1-10(16-6-2-3-7-16)8-15-19(17,18)12-9-14-5-4-11(12)13/h4-5,9-10,15H,2-3,6-8H2,1H3. The molecule has 0 aromatic carbocycles. The lowest BCUT2D eigenvalue weighted by atomic mass is 10.3. The summed E-state index contributed by atoms with van der Waals surface area (Å²) < 4.78 is 26.8. The van der Waals surface area contributed by atoms with Crippen LogP contribution in [0.4, 0.5) is 0 Å². The van der Waals surface area contributed by atoms with Crippen LogP contribution in [0.3, 0.4) is 0 Å². The number of hydrogen-bond donors (Lipinski definition) is 1. The molecule has 2 rings (SSSR count). The van der Waals surface area contributed by atoms with E-state index >= 15 is 0 Å². The Hall–Kier alpha value is -0.690. The minimum atomic E-state index is -3.59. The Balaban J connectivity index is 2.00. The largest absolute Gasteiger partial charge is 0.299 e. The zero-order valence-electron chi connectivity index (χ0n) is 10.8. The summed E-state index contributed by atoms with van der Waals surface area (Å²) >= 11 is 5.88. The van der Waals surface area contributed by atoms with E-state index < -0.39 is 10.0 Å². The molecule has 1 aliphatic rings. The van der Waals surface area contributed by atoms with Gasteiger partial charge in [0.1, 0.15) is 4.90 Å². The van der Waals surface area contributed by atoms with Crippen LogP contribution < -0.4 is 4.72 Å². The maximum Gasteiger partial charge on any atom is 0.243 e. The lowest BCUT2D eigenvalue weighted by Gasteiger charge is -2.23. The number of nitrogens with zero attached hydrogens (tertiary/aromatic N) is 2. The van der Waals surface area contributed by atoms with Crippen molar-refractivity contribution in [1.82, 2.24) is 14.6 Å². The van der Waals surface area contributed by atoms with Crippen molar-refractivity contribution in [3.05, 3.63) is 23.5 Å². The Morgan fingerprint density at radius 3 is 2.79 bits per heavy atom. The first-order valence-electron chi connectivity index (χ1n) is 6.34. The summed E-state index contributed by atoms with van der Waals surface area (Å²) in [6, 6.07) is 1.66. The molecule has 1 atom stereocenters. The number of aromatic nitrogens is 1. The monoisotopic (exact) mass is 303 g/mol. The van der Waals surface area contributed by atoms with E-state index in [0.29, 0.717) is 6.54 Å². The summed E-state index contributed by atoms with van der Waals surface area (Å²) in [5, 5.41) is 0.191. The molecule has 0 spiro atoms. The topological polar surface area (TPSA) is 62.3 Å². The van der Waals surface area contributed by atoms with E-state index in [9.17, 15) is 8.42 Å². The number of halogens is 1. The molecule has 1 aliphatic heterocycles. The molecule has 0 bridgehead atoms. The highest BCUT2D eigenvalue weighted by Gasteiger charge is 2.22. The van der Waals surface area contributed by atoms with Crippen molar-refractivity contribution in [2.75, 3.05) is 19.6 Å². The summed E-state index contributed by atoms with van der Waals surface area (Å²) in [7, 11) is -3.59. The van der Waals surface area contributed by atoms with Crippen LogP contribution >= 0.6 is 11.6 Å². The lowest BCUT2D eigenvalue weighted by molar-refractivity contribution is 0.260. The molecule has 0 radical (unpaired) electrons. The van der Waals surface area contributed by atoms with Gasteiger partial charge in [0.05, 0.1) is 5.02 Å². The van der Waals surface area contributed by atoms with Gasteiger partial charge in [-0.3, -0.25) is 9.88 Å². The Morgan fingerprint density at radius 1 is 1.47 bits per heavy atom. The highest BCUT2D eigenvalue weighted by molar-refractivity contribution is 7.89. The maximum atomic E-state index is 12.1. The van der Waals surface area contributed by atoms with Gasteiger partial charge in [-0.25, -0.2) is 13.1 Å². The van der Waals surface area contributed by atoms with Crippen LogP contribution in [0, 0.1) is 0 Å². The summed E-state index contributed by atoms with van der Waals surface area (Å²) in [6.07, 6.45) is 5.11. The molecular weight excluding hydrogens is 286 g/mol. The molecule has 19 heavy (non-hydrogen) atoms. The lowest BCUT2D eigenvalue weighted by Crippen LogP contribution is -2.40. The first-order chi connectivity index (χ1) is 9.00. The normalized spacial score (nSPS) is 18.6. The third-order valence-electron chi connectivity index (χ3n) is 3.36. The van der Waals surface area contributed by atoms with Crippen molar-refractivity contribution in [2.45, 2.75) is 30.7 Å². The van der Waals surface area contributed by atoms with Crippen LogP contribution in [-0.2, 0) is 10.0 Å². The van der Waals surface area contributed by atoms with Crippen LogP contribution in [0.1, 0.15) is 19.8 Å². The van der Waals surface area contributed by atoms with Gasteiger partial charge >= 0.3 is 0 Å². The summed E-state index contributed by atoms with van der Waals surface area (Å²) in [5.41, 5.74) is 0. The smallest absolute Gasteiger partial charge is 0.243 e. The Labute approximate surface area is 119 Å². The Bertz CT molecular complexity index is 530. The number of rotatable bonds is 5. The molecule has 1 unspecified atom stereocenters. The second-order valence-corrected chi connectivity index (χ2v) is 6.89. The summed E-state index contributed by atoms with van der Waals surface area (Å²) in [4.78, 5) is 6.12. The van der Waals surface area contributed by atoms with E-state index in [1.807, 2.05) is 6.92 Å².